The predicted octanol–water partition coefficient (Wildman–Crippen LogP) is 0.695. The second kappa shape index (κ2) is 6.68. The van der Waals surface area contributed by atoms with Crippen molar-refractivity contribution in [3.8, 4) is 0 Å². The van der Waals surface area contributed by atoms with E-state index in [0.29, 0.717) is 12.6 Å². The lowest BCUT2D eigenvalue weighted by Crippen LogP contribution is -2.39. The molecular weight excluding hydrogens is 242 g/mol. The van der Waals surface area contributed by atoms with E-state index in [4.69, 9.17) is 5.11 Å². The minimum atomic E-state index is 0.0965. The van der Waals surface area contributed by atoms with Crippen molar-refractivity contribution >= 4 is 11.6 Å². The van der Waals surface area contributed by atoms with E-state index in [0.717, 1.165) is 24.0 Å². The van der Waals surface area contributed by atoms with E-state index in [1.165, 1.54) is 19.4 Å². The Hall–Kier alpha value is -1.40. The molecule has 0 bridgehead atoms. The maximum absolute atomic E-state index is 8.83. The van der Waals surface area contributed by atoms with Gasteiger partial charge in [0.2, 0.25) is 0 Å². The summed E-state index contributed by atoms with van der Waals surface area (Å²) < 4.78 is 0. The van der Waals surface area contributed by atoms with E-state index in [1.54, 1.807) is 0 Å². The fourth-order valence-electron chi connectivity index (χ4n) is 2.41. The lowest BCUT2D eigenvalue weighted by molar-refractivity contribution is 0.260. The summed E-state index contributed by atoms with van der Waals surface area (Å²) in [4.78, 5) is 11.0. The van der Waals surface area contributed by atoms with Gasteiger partial charge in [0.1, 0.15) is 17.5 Å². The third-order valence-corrected chi connectivity index (χ3v) is 3.23. The van der Waals surface area contributed by atoms with Gasteiger partial charge in [-0.15, -0.1) is 0 Å². The number of hydrogen-bond donors (Lipinski definition) is 3. The summed E-state index contributed by atoms with van der Waals surface area (Å²) in [7, 11) is 2.15. The number of nitrogens with one attached hydrogen (secondary N) is 2. The number of piperidine rings is 1. The third-order valence-electron chi connectivity index (χ3n) is 3.23. The maximum Gasteiger partial charge on any atom is 0.132 e. The molecule has 1 aliphatic heterocycles. The molecule has 0 saturated carbocycles. The quantitative estimate of drug-likeness (QED) is 0.727. The van der Waals surface area contributed by atoms with Crippen LogP contribution in [0.15, 0.2) is 6.07 Å². The molecule has 6 nitrogen and oxygen atoms in total. The van der Waals surface area contributed by atoms with Crippen LogP contribution >= 0.6 is 0 Å². The van der Waals surface area contributed by atoms with Gasteiger partial charge in [0.15, 0.2) is 0 Å². The molecule has 1 aromatic rings. The fraction of sp³-hybridized carbons (Fsp3) is 0.692. The van der Waals surface area contributed by atoms with Gasteiger partial charge < -0.3 is 20.6 Å². The summed E-state index contributed by atoms with van der Waals surface area (Å²) in [6, 6.07) is 2.34. The van der Waals surface area contributed by atoms with Crippen LogP contribution in [-0.4, -0.2) is 59.3 Å². The molecule has 1 aliphatic rings. The number of likely N-dealkylation sites (N-methyl/N-ethyl adjacent to an activating group) is 1. The molecular formula is C13H23N5O. The Kier molecular flexibility index (Phi) is 4.93. The average molecular weight is 265 g/mol. The van der Waals surface area contributed by atoms with E-state index in [-0.39, 0.29) is 6.61 Å². The van der Waals surface area contributed by atoms with Gasteiger partial charge in [-0.3, -0.25) is 0 Å². The van der Waals surface area contributed by atoms with E-state index in [2.05, 4.69) is 32.5 Å². The number of anilines is 2. The van der Waals surface area contributed by atoms with E-state index in [1.807, 2.05) is 13.0 Å². The summed E-state index contributed by atoms with van der Waals surface area (Å²) >= 11 is 0. The minimum absolute atomic E-state index is 0.0965. The highest BCUT2D eigenvalue weighted by Gasteiger charge is 2.17. The second-order valence-corrected chi connectivity index (χ2v) is 5.08. The number of aryl methyl sites for hydroxylation is 1. The SMILES string of the molecule is Cc1nc(NCCO)cc(NC2CCCN(C)C2)n1. The molecule has 19 heavy (non-hydrogen) atoms. The van der Waals surface area contributed by atoms with Crippen LogP contribution in [-0.2, 0) is 0 Å². The molecule has 0 amide bonds. The van der Waals surface area contributed by atoms with Crippen LogP contribution in [0.5, 0.6) is 0 Å². The first-order valence-electron chi connectivity index (χ1n) is 6.83. The highest BCUT2D eigenvalue weighted by atomic mass is 16.3. The summed E-state index contributed by atoms with van der Waals surface area (Å²) in [5.74, 6) is 2.34. The van der Waals surface area contributed by atoms with Gasteiger partial charge in [-0.1, -0.05) is 0 Å². The van der Waals surface area contributed by atoms with Gasteiger partial charge in [-0.25, -0.2) is 9.97 Å². The van der Waals surface area contributed by atoms with E-state index in [9.17, 15) is 0 Å². The Labute approximate surface area is 114 Å². The Morgan fingerprint density at radius 1 is 1.42 bits per heavy atom. The molecule has 1 atom stereocenters. The first kappa shape index (κ1) is 14.0. The molecule has 0 aromatic carbocycles. The molecule has 2 rings (SSSR count). The zero-order valence-electron chi connectivity index (χ0n) is 11.7. The number of aliphatic hydroxyl groups excluding tert-OH is 1. The molecule has 1 aromatic heterocycles. The molecule has 0 aliphatic carbocycles. The van der Waals surface area contributed by atoms with Crippen molar-refractivity contribution in [2.24, 2.45) is 0 Å². The number of aliphatic hydroxyl groups is 1. The standard InChI is InChI=1S/C13H23N5O/c1-10-15-12(14-5-7-19)8-13(16-10)17-11-4-3-6-18(2)9-11/h8,11,19H,3-7,9H2,1-2H3,(H2,14,15,16,17). The Morgan fingerprint density at radius 2 is 2.21 bits per heavy atom. The number of hydrogen-bond acceptors (Lipinski definition) is 6. The molecule has 106 valence electrons. The highest BCUT2D eigenvalue weighted by Crippen LogP contribution is 2.16. The third kappa shape index (κ3) is 4.33. The Balaban J connectivity index is 2.00. The number of likely N-dealkylation sites (tertiary alicyclic amines) is 1. The van der Waals surface area contributed by atoms with Crippen molar-refractivity contribution in [2.45, 2.75) is 25.8 Å². The smallest absolute Gasteiger partial charge is 0.132 e. The number of nitrogens with zero attached hydrogens (tertiary/aromatic N) is 3. The van der Waals surface area contributed by atoms with Crippen molar-refractivity contribution in [1.29, 1.82) is 0 Å². The lowest BCUT2D eigenvalue weighted by atomic mass is 10.1. The van der Waals surface area contributed by atoms with Crippen LogP contribution in [0.1, 0.15) is 18.7 Å². The summed E-state index contributed by atoms with van der Waals surface area (Å²) in [6.45, 7) is 4.69. The molecule has 0 spiro atoms. The summed E-state index contributed by atoms with van der Waals surface area (Å²) in [5, 5.41) is 15.4. The topological polar surface area (TPSA) is 73.3 Å². The molecule has 3 N–H and O–H groups in total. The molecule has 1 saturated heterocycles. The van der Waals surface area contributed by atoms with Crippen LogP contribution in [0.4, 0.5) is 11.6 Å². The van der Waals surface area contributed by atoms with Crippen LogP contribution in [0.25, 0.3) is 0 Å². The molecule has 1 unspecified atom stereocenters. The van der Waals surface area contributed by atoms with Gasteiger partial charge in [0.25, 0.3) is 0 Å². The van der Waals surface area contributed by atoms with Crippen LogP contribution in [0.2, 0.25) is 0 Å². The molecule has 2 heterocycles. The van der Waals surface area contributed by atoms with Gasteiger partial charge in [0.05, 0.1) is 6.61 Å². The number of aromatic nitrogens is 2. The predicted molar refractivity (Wildman–Crippen MR) is 76.5 cm³/mol. The van der Waals surface area contributed by atoms with Crippen molar-refractivity contribution in [3.63, 3.8) is 0 Å². The second-order valence-electron chi connectivity index (χ2n) is 5.08. The average Bonchev–Trinajstić information content (AvgIpc) is 2.35. The van der Waals surface area contributed by atoms with Crippen molar-refractivity contribution in [3.05, 3.63) is 11.9 Å². The largest absolute Gasteiger partial charge is 0.395 e. The lowest BCUT2D eigenvalue weighted by Gasteiger charge is -2.30. The number of rotatable bonds is 5. The normalized spacial score (nSPS) is 20.3. The zero-order chi connectivity index (χ0) is 13.7. The van der Waals surface area contributed by atoms with E-state index >= 15 is 0 Å². The van der Waals surface area contributed by atoms with Crippen LogP contribution in [0, 0.1) is 6.92 Å². The summed E-state index contributed by atoms with van der Waals surface area (Å²) in [5.41, 5.74) is 0. The highest BCUT2D eigenvalue weighted by molar-refractivity contribution is 5.48. The van der Waals surface area contributed by atoms with Gasteiger partial charge in [-0.05, 0) is 33.4 Å². The molecule has 6 heteroatoms. The van der Waals surface area contributed by atoms with Gasteiger partial charge >= 0.3 is 0 Å². The van der Waals surface area contributed by atoms with Gasteiger partial charge in [-0.2, -0.15) is 0 Å². The van der Waals surface area contributed by atoms with Crippen LogP contribution in [0.3, 0.4) is 0 Å². The van der Waals surface area contributed by atoms with E-state index < -0.39 is 0 Å². The van der Waals surface area contributed by atoms with Crippen LogP contribution < -0.4 is 10.6 Å². The zero-order valence-corrected chi connectivity index (χ0v) is 11.7. The monoisotopic (exact) mass is 265 g/mol. The molecule has 1 fully saturated rings. The fourth-order valence-corrected chi connectivity index (χ4v) is 2.41. The first-order valence-corrected chi connectivity index (χ1v) is 6.83. The van der Waals surface area contributed by atoms with Crippen molar-refractivity contribution in [1.82, 2.24) is 14.9 Å². The molecule has 0 radical (unpaired) electrons. The summed E-state index contributed by atoms with van der Waals surface area (Å²) in [6.07, 6.45) is 2.39. The maximum atomic E-state index is 8.83. The minimum Gasteiger partial charge on any atom is -0.395 e. The Morgan fingerprint density at radius 3 is 2.95 bits per heavy atom. The van der Waals surface area contributed by atoms with Crippen molar-refractivity contribution in [2.75, 3.05) is 43.9 Å². The first-order chi connectivity index (χ1) is 9.17. The Bertz CT molecular complexity index is 412. The van der Waals surface area contributed by atoms with Gasteiger partial charge in [0, 0.05) is 25.2 Å². The van der Waals surface area contributed by atoms with Crippen molar-refractivity contribution < 1.29 is 5.11 Å².